The summed E-state index contributed by atoms with van der Waals surface area (Å²) in [5, 5.41) is 11.5. The molecule has 36 heavy (non-hydrogen) atoms. The first kappa shape index (κ1) is 27.1. The Morgan fingerprint density at radius 2 is 2.00 bits per heavy atom. The molecule has 0 spiro atoms. The maximum atomic E-state index is 8.03. The Balaban J connectivity index is 1.81. The molecule has 0 saturated heterocycles. The van der Waals surface area contributed by atoms with Crippen LogP contribution >= 0.6 is 0 Å². The average Bonchev–Trinajstić information content (AvgIpc) is 3.07. The molecule has 3 rings (SSSR count). The lowest BCUT2D eigenvalue weighted by Gasteiger charge is -2.17. The van der Waals surface area contributed by atoms with Crippen molar-refractivity contribution in [1.82, 2.24) is 10.3 Å². The first-order chi connectivity index (χ1) is 17.5. The van der Waals surface area contributed by atoms with Crippen LogP contribution in [-0.4, -0.2) is 24.3 Å². The van der Waals surface area contributed by atoms with E-state index in [0.717, 1.165) is 41.7 Å². The number of rotatable bonds is 11. The molecule has 1 heterocycles. The fourth-order valence-corrected chi connectivity index (χ4v) is 4.49. The fraction of sp³-hybridized carbons (Fsp3) is 0.312. The van der Waals surface area contributed by atoms with Crippen molar-refractivity contribution in [1.29, 1.82) is 5.41 Å². The molecule has 1 aromatic rings. The van der Waals surface area contributed by atoms with E-state index in [0.29, 0.717) is 23.0 Å². The summed E-state index contributed by atoms with van der Waals surface area (Å²) in [6.07, 6.45) is 25.0. The number of nitrogens with zero attached hydrogens (tertiary/aromatic N) is 1. The second kappa shape index (κ2) is 13.6. The van der Waals surface area contributed by atoms with Crippen molar-refractivity contribution in [3.05, 3.63) is 118 Å². The van der Waals surface area contributed by atoms with Crippen LogP contribution in [0.3, 0.4) is 0 Å². The zero-order chi connectivity index (χ0) is 25.9. The lowest BCUT2D eigenvalue weighted by atomic mass is 9.93. The number of hydrogen-bond donors (Lipinski definition) is 3. The smallest absolute Gasteiger partial charge is 0.0869 e. The van der Waals surface area contributed by atoms with Crippen LogP contribution in [0.15, 0.2) is 107 Å². The second-order valence-corrected chi connectivity index (χ2v) is 9.37. The number of pyridine rings is 1. The predicted molar refractivity (Wildman–Crippen MR) is 155 cm³/mol. The summed E-state index contributed by atoms with van der Waals surface area (Å²) < 4.78 is 0. The third-order valence-corrected chi connectivity index (χ3v) is 6.74. The highest BCUT2D eigenvalue weighted by molar-refractivity contribution is 5.94. The zero-order valence-corrected chi connectivity index (χ0v) is 22.0. The molecule has 188 valence electrons. The van der Waals surface area contributed by atoms with Gasteiger partial charge in [-0.05, 0) is 85.7 Å². The molecule has 4 nitrogen and oxygen atoms in total. The van der Waals surface area contributed by atoms with Crippen LogP contribution in [0.5, 0.6) is 0 Å². The fourth-order valence-electron chi connectivity index (χ4n) is 4.49. The predicted octanol–water partition coefficient (Wildman–Crippen LogP) is 7.06. The lowest BCUT2D eigenvalue weighted by Crippen LogP contribution is -2.25. The first-order valence-corrected chi connectivity index (χ1v) is 13.0. The summed E-state index contributed by atoms with van der Waals surface area (Å²) in [5.74, 6) is 0. The molecule has 0 fully saturated rings. The van der Waals surface area contributed by atoms with Crippen LogP contribution in [0, 0.1) is 12.3 Å². The molecule has 0 aromatic carbocycles. The van der Waals surface area contributed by atoms with Crippen LogP contribution in [0.25, 0.3) is 5.70 Å². The molecular formula is C32H40N4. The van der Waals surface area contributed by atoms with E-state index in [1.807, 2.05) is 43.4 Å². The van der Waals surface area contributed by atoms with Gasteiger partial charge in [0, 0.05) is 23.5 Å². The number of allylic oxidation sites excluding steroid dienone is 14. The Labute approximate surface area is 217 Å². The van der Waals surface area contributed by atoms with Gasteiger partial charge in [-0.3, -0.25) is 4.98 Å². The van der Waals surface area contributed by atoms with E-state index in [1.54, 1.807) is 0 Å². The second-order valence-electron chi connectivity index (χ2n) is 9.37. The largest absolute Gasteiger partial charge is 0.396 e. The summed E-state index contributed by atoms with van der Waals surface area (Å²) in [6, 6.07) is 6.30. The summed E-state index contributed by atoms with van der Waals surface area (Å²) >= 11 is 0. The Hall–Kier alpha value is -3.50. The molecule has 1 aromatic heterocycles. The normalized spacial score (nSPS) is 20.0. The highest BCUT2D eigenvalue weighted by Gasteiger charge is 2.13. The van der Waals surface area contributed by atoms with E-state index >= 15 is 0 Å². The molecule has 4 N–H and O–H groups in total. The number of fused-ring (bicyclic) bond motifs is 1. The van der Waals surface area contributed by atoms with Gasteiger partial charge in [-0.15, -0.1) is 0 Å². The van der Waals surface area contributed by atoms with Crippen molar-refractivity contribution >= 4 is 11.9 Å². The Bertz CT molecular complexity index is 1180. The number of aryl methyl sites for hydroxylation is 1. The van der Waals surface area contributed by atoms with Crippen molar-refractivity contribution in [3.63, 3.8) is 0 Å². The average molecular weight is 481 g/mol. The molecular weight excluding hydrogens is 440 g/mol. The molecule has 2 aliphatic carbocycles. The minimum atomic E-state index is 0.503. The summed E-state index contributed by atoms with van der Waals surface area (Å²) in [6.45, 7) is 8.60. The van der Waals surface area contributed by atoms with Crippen LogP contribution in [0.1, 0.15) is 56.8 Å². The zero-order valence-electron chi connectivity index (χ0n) is 22.0. The lowest BCUT2D eigenvalue weighted by molar-refractivity contribution is 0.472. The minimum absolute atomic E-state index is 0.503. The van der Waals surface area contributed by atoms with Gasteiger partial charge < -0.3 is 16.5 Å². The van der Waals surface area contributed by atoms with Gasteiger partial charge in [0.05, 0.1) is 11.4 Å². The van der Waals surface area contributed by atoms with E-state index < -0.39 is 0 Å². The highest BCUT2D eigenvalue weighted by atomic mass is 14.9. The van der Waals surface area contributed by atoms with E-state index in [9.17, 15) is 0 Å². The Morgan fingerprint density at radius 1 is 1.17 bits per heavy atom. The summed E-state index contributed by atoms with van der Waals surface area (Å²) in [5.41, 5.74) is 14.8. The maximum Gasteiger partial charge on any atom is 0.0869 e. The van der Waals surface area contributed by atoms with E-state index in [1.165, 1.54) is 36.6 Å². The van der Waals surface area contributed by atoms with Gasteiger partial charge in [-0.25, -0.2) is 0 Å². The summed E-state index contributed by atoms with van der Waals surface area (Å²) in [7, 11) is 2.06. The Kier molecular flexibility index (Phi) is 10.2. The molecule has 1 atom stereocenters. The SMILES string of the molecule is C=C(CCC(CCCC)NC)C1=CCC=C2\C=C/C(C(C=N)=C(N)c3cccc(C)n3)=C/C=C/C2=C1. The van der Waals surface area contributed by atoms with Gasteiger partial charge in [0.2, 0.25) is 0 Å². The molecule has 0 radical (unpaired) electrons. The minimum Gasteiger partial charge on any atom is -0.396 e. The molecule has 4 heteroatoms. The monoisotopic (exact) mass is 480 g/mol. The molecule has 2 aliphatic rings. The number of nitrogens with one attached hydrogen (secondary N) is 2. The van der Waals surface area contributed by atoms with E-state index in [4.69, 9.17) is 11.1 Å². The molecule has 0 amide bonds. The van der Waals surface area contributed by atoms with Gasteiger partial charge in [-0.2, -0.15) is 0 Å². The maximum absolute atomic E-state index is 8.03. The van der Waals surface area contributed by atoms with Crippen LogP contribution in [0.4, 0.5) is 0 Å². The van der Waals surface area contributed by atoms with Gasteiger partial charge in [-0.1, -0.05) is 74.9 Å². The quantitative estimate of drug-likeness (QED) is 0.297. The summed E-state index contributed by atoms with van der Waals surface area (Å²) in [4.78, 5) is 4.53. The van der Waals surface area contributed by atoms with Crippen molar-refractivity contribution in [2.24, 2.45) is 5.73 Å². The third-order valence-electron chi connectivity index (χ3n) is 6.74. The van der Waals surface area contributed by atoms with E-state index in [-0.39, 0.29) is 0 Å². The Morgan fingerprint density at radius 3 is 2.72 bits per heavy atom. The van der Waals surface area contributed by atoms with Gasteiger partial charge in [0.25, 0.3) is 0 Å². The number of unbranched alkanes of at least 4 members (excludes halogenated alkanes) is 1. The van der Waals surface area contributed by atoms with E-state index in [2.05, 4.69) is 61.2 Å². The van der Waals surface area contributed by atoms with Crippen molar-refractivity contribution in [2.75, 3.05) is 7.05 Å². The molecule has 0 bridgehead atoms. The van der Waals surface area contributed by atoms with Gasteiger partial charge in [0.1, 0.15) is 0 Å². The number of hydrogen-bond acceptors (Lipinski definition) is 4. The van der Waals surface area contributed by atoms with Crippen molar-refractivity contribution < 1.29 is 0 Å². The topological polar surface area (TPSA) is 74.8 Å². The van der Waals surface area contributed by atoms with Gasteiger partial charge >= 0.3 is 0 Å². The molecule has 1 unspecified atom stereocenters. The number of aromatic nitrogens is 1. The standard InChI is InChI=1S/C32H40N4/c1-5-6-15-29(35-4)20-17-23(2)27-13-8-11-25-18-19-26(12-9-14-28(25)21-27)30(22-33)32(34)31-16-7-10-24(3)36-31/h7,9-14,16,18-19,21-22,29,33,35H,2,5-6,8,15,17,20,34H2,1,3-4H3/b14-9+,19-18-,26-12-,32-30?,33-22?. The van der Waals surface area contributed by atoms with Crippen LogP contribution < -0.4 is 11.1 Å². The molecule has 0 aliphatic heterocycles. The van der Waals surface area contributed by atoms with Crippen LogP contribution in [-0.2, 0) is 0 Å². The molecule has 0 saturated carbocycles. The van der Waals surface area contributed by atoms with Crippen LogP contribution in [0.2, 0.25) is 0 Å². The number of nitrogens with two attached hydrogens (primary N) is 1. The first-order valence-electron chi connectivity index (χ1n) is 13.0. The van der Waals surface area contributed by atoms with Crippen molar-refractivity contribution in [2.45, 2.75) is 58.4 Å². The highest BCUT2D eigenvalue weighted by Crippen LogP contribution is 2.29. The third kappa shape index (κ3) is 7.25. The van der Waals surface area contributed by atoms with Gasteiger partial charge in [0.15, 0.2) is 0 Å². The van der Waals surface area contributed by atoms with Crippen molar-refractivity contribution in [3.8, 4) is 0 Å².